The predicted octanol–water partition coefficient (Wildman–Crippen LogP) is 3.10. The minimum atomic E-state index is -0.413. The average molecular weight is 262 g/mol. The van der Waals surface area contributed by atoms with Crippen LogP contribution in [0.4, 0.5) is 4.39 Å². The van der Waals surface area contributed by atoms with Crippen LogP contribution in [0.5, 0.6) is 5.75 Å². The minimum Gasteiger partial charge on any atom is -0.492 e. The predicted molar refractivity (Wildman–Crippen MR) is 67.8 cm³/mol. The van der Waals surface area contributed by atoms with Gasteiger partial charge in [0.1, 0.15) is 11.6 Å². The molecule has 0 spiro atoms. The molecule has 4 nitrogen and oxygen atoms in total. The molecular formula is C14H15FN2O2. The molecular weight excluding hydrogens is 247 g/mol. The number of ether oxygens (including phenoxy) is 1. The minimum absolute atomic E-state index is 0.0509. The second kappa shape index (κ2) is 5.27. The van der Waals surface area contributed by atoms with Gasteiger partial charge in [-0.3, -0.25) is 0 Å². The summed E-state index contributed by atoms with van der Waals surface area (Å²) in [7, 11) is 0. The molecule has 1 saturated carbocycles. The average Bonchev–Trinajstić information content (AvgIpc) is 3.17. The van der Waals surface area contributed by atoms with E-state index in [2.05, 4.69) is 11.2 Å². The van der Waals surface area contributed by atoms with Crippen LogP contribution in [0.3, 0.4) is 0 Å². The molecule has 0 aromatic heterocycles. The summed E-state index contributed by atoms with van der Waals surface area (Å²) in [5, 5.41) is 20.6. The highest BCUT2D eigenvalue weighted by Gasteiger charge is 2.43. The normalized spacial score (nSPS) is 16.8. The molecule has 0 bridgehead atoms. The molecule has 1 aliphatic rings. The van der Waals surface area contributed by atoms with Gasteiger partial charge in [-0.2, -0.15) is 5.26 Å². The van der Waals surface area contributed by atoms with Crippen molar-refractivity contribution in [2.75, 3.05) is 6.61 Å². The van der Waals surface area contributed by atoms with Crippen LogP contribution in [0.1, 0.15) is 31.7 Å². The summed E-state index contributed by atoms with van der Waals surface area (Å²) < 4.78 is 18.9. The highest BCUT2D eigenvalue weighted by Crippen LogP contribution is 2.48. The van der Waals surface area contributed by atoms with E-state index in [0.717, 1.165) is 12.8 Å². The number of halogens is 1. The van der Waals surface area contributed by atoms with Gasteiger partial charge in [0.2, 0.25) is 0 Å². The van der Waals surface area contributed by atoms with Crippen molar-refractivity contribution in [3.8, 4) is 11.8 Å². The zero-order chi connectivity index (χ0) is 13.9. The van der Waals surface area contributed by atoms with Crippen molar-refractivity contribution in [1.82, 2.24) is 0 Å². The molecule has 1 aromatic carbocycles. The maximum absolute atomic E-state index is 13.2. The van der Waals surface area contributed by atoms with Crippen molar-refractivity contribution in [3.05, 3.63) is 29.6 Å². The Labute approximate surface area is 111 Å². The third-order valence-corrected chi connectivity index (χ3v) is 3.43. The first-order valence-corrected chi connectivity index (χ1v) is 6.08. The van der Waals surface area contributed by atoms with Crippen molar-refractivity contribution in [2.24, 2.45) is 10.6 Å². The Balaban J connectivity index is 2.14. The fourth-order valence-corrected chi connectivity index (χ4v) is 1.91. The molecule has 0 heterocycles. The Morgan fingerprint density at radius 2 is 2.32 bits per heavy atom. The number of hydrogen-bond acceptors (Lipinski definition) is 4. The summed E-state index contributed by atoms with van der Waals surface area (Å²) in [6.45, 7) is 2.00. The zero-order valence-corrected chi connectivity index (χ0v) is 10.7. The maximum atomic E-state index is 13.2. The number of oxime groups is 1. The molecule has 1 aliphatic carbocycles. The van der Waals surface area contributed by atoms with E-state index in [1.807, 2.05) is 0 Å². The Hall–Kier alpha value is -2.09. The van der Waals surface area contributed by atoms with Crippen molar-refractivity contribution >= 4 is 5.71 Å². The standard InChI is InChI=1S/C14H15FN2O2/c1-10(17-18)12-8-11(15)2-3-13(12)19-9-14(4-5-14)6-7-16/h2-3,8,18H,4-6,9H2,1H3. The van der Waals surface area contributed by atoms with E-state index in [-0.39, 0.29) is 5.41 Å². The smallest absolute Gasteiger partial charge is 0.128 e. The van der Waals surface area contributed by atoms with E-state index < -0.39 is 5.82 Å². The fourth-order valence-electron chi connectivity index (χ4n) is 1.91. The molecule has 1 fully saturated rings. The lowest BCUT2D eigenvalue weighted by Crippen LogP contribution is -2.14. The van der Waals surface area contributed by atoms with E-state index >= 15 is 0 Å². The van der Waals surface area contributed by atoms with Crippen molar-refractivity contribution in [3.63, 3.8) is 0 Å². The molecule has 5 heteroatoms. The summed E-state index contributed by atoms with van der Waals surface area (Å²) in [6, 6.07) is 6.25. The summed E-state index contributed by atoms with van der Waals surface area (Å²) >= 11 is 0. The Morgan fingerprint density at radius 1 is 1.58 bits per heavy atom. The Morgan fingerprint density at radius 3 is 2.89 bits per heavy atom. The quantitative estimate of drug-likeness (QED) is 0.503. The van der Waals surface area contributed by atoms with E-state index in [1.165, 1.54) is 18.2 Å². The number of hydrogen-bond donors (Lipinski definition) is 1. The van der Waals surface area contributed by atoms with Gasteiger partial charge >= 0.3 is 0 Å². The number of nitrogens with zero attached hydrogens (tertiary/aromatic N) is 2. The van der Waals surface area contributed by atoms with E-state index in [0.29, 0.717) is 30.1 Å². The fraction of sp³-hybridized carbons (Fsp3) is 0.429. The number of rotatable bonds is 5. The summed E-state index contributed by atoms with van der Waals surface area (Å²) in [4.78, 5) is 0. The molecule has 0 amide bonds. The molecule has 1 aromatic rings. The van der Waals surface area contributed by atoms with Gasteiger partial charge in [-0.1, -0.05) is 5.16 Å². The number of benzene rings is 1. The SMILES string of the molecule is CC(=NO)c1cc(F)ccc1OCC1(CC#N)CC1. The first-order valence-electron chi connectivity index (χ1n) is 6.08. The Bertz CT molecular complexity index is 545. The van der Waals surface area contributed by atoms with Crippen molar-refractivity contribution in [2.45, 2.75) is 26.2 Å². The molecule has 0 radical (unpaired) electrons. The van der Waals surface area contributed by atoms with Crippen LogP contribution in [0.25, 0.3) is 0 Å². The van der Waals surface area contributed by atoms with E-state index in [9.17, 15) is 4.39 Å². The molecule has 100 valence electrons. The summed E-state index contributed by atoms with van der Waals surface area (Å²) in [5.74, 6) is 0.0597. The monoisotopic (exact) mass is 262 g/mol. The lowest BCUT2D eigenvalue weighted by atomic mass is 10.1. The van der Waals surface area contributed by atoms with Crippen LogP contribution in [0, 0.1) is 22.6 Å². The van der Waals surface area contributed by atoms with Crippen LogP contribution < -0.4 is 4.74 Å². The lowest BCUT2D eigenvalue weighted by Gasteiger charge is -2.15. The van der Waals surface area contributed by atoms with Crippen LogP contribution in [-0.2, 0) is 0 Å². The Kier molecular flexibility index (Phi) is 3.70. The van der Waals surface area contributed by atoms with Gasteiger partial charge < -0.3 is 9.94 Å². The second-order valence-electron chi connectivity index (χ2n) is 4.95. The maximum Gasteiger partial charge on any atom is 0.128 e. The first-order chi connectivity index (χ1) is 9.10. The van der Waals surface area contributed by atoms with Gasteiger partial charge in [-0.25, -0.2) is 4.39 Å². The van der Waals surface area contributed by atoms with Gasteiger partial charge in [-0.05, 0) is 38.0 Å². The molecule has 1 N–H and O–H groups in total. The highest BCUT2D eigenvalue weighted by atomic mass is 19.1. The molecule has 0 aliphatic heterocycles. The lowest BCUT2D eigenvalue weighted by molar-refractivity contribution is 0.236. The molecule has 0 saturated heterocycles. The van der Waals surface area contributed by atoms with Crippen LogP contribution in [0.2, 0.25) is 0 Å². The second-order valence-corrected chi connectivity index (χ2v) is 4.95. The summed E-state index contributed by atoms with van der Waals surface area (Å²) in [5.41, 5.74) is 0.667. The van der Waals surface area contributed by atoms with Gasteiger partial charge in [-0.15, -0.1) is 0 Å². The van der Waals surface area contributed by atoms with Crippen LogP contribution in [-0.4, -0.2) is 17.5 Å². The topological polar surface area (TPSA) is 65.6 Å². The number of nitriles is 1. The summed E-state index contributed by atoms with van der Waals surface area (Å²) in [6.07, 6.45) is 2.42. The molecule has 0 atom stereocenters. The molecule has 19 heavy (non-hydrogen) atoms. The third kappa shape index (κ3) is 3.02. The third-order valence-electron chi connectivity index (χ3n) is 3.43. The van der Waals surface area contributed by atoms with Crippen LogP contribution in [0.15, 0.2) is 23.4 Å². The van der Waals surface area contributed by atoms with Gasteiger partial charge in [0.15, 0.2) is 0 Å². The van der Waals surface area contributed by atoms with Crippen molar-refractivity contribution < 1.29 is 14.3 Å². The largest absolute Gasteiger partial charge is 0.492 e. The molecule has 2 rings (SSSR count). The highest BCUT2D eigenvalue weighted by molar-refractivity contribution is 6.00. The van der Waals surface area contributed by atoms with Gasteiger partial charge in [0.25, 0.3) is 0 Å². The van der Waals surface area contributed by atoms with E-state index in [1.54, 1.807) is 6.92 Å². The van der Waals surface area contributed by atoms with Gasteiger partial charge in [0, 0.05) is 17.4 Å². The van der Waals surface area contributed by atoms with E-state index in [4.69, 9.17) is 15.2 Å². The zero-order valence-electron chi connectivity index (χ0n) is 10.7. The first kappa shape index (κ1) is 13.3. The van der Waals surface area contributed by atoms with Gasteiger partial charge in [0.05, 0.1) is 18.4 Å². The molecule has 0 unspecified atom stereocenters. The van der Waals surface area contributed by atoms with Crippen molar-refractivity contribution in [1.29, 1.82) is 5.26 Å². The van der Waals surface area contributed by atoms with Crippen LogP contribution >= 0.6 is 0 Å².